The molecule has 1 N–H and O–H groups in total. The van der Waals surface area contributed by atoms with Crippen molar-refractivity contribution in [2.45, 2.75) is 26.9 Å². The van der Waals surface area contributed by atoms with E-state index in [1.807, 2.05) is 32.0 Å². The number of para-hydroxylation sites is 1. The Labute approximate surface area is 174 Å². The van der Waals surface area contributed by atoms with E-state index in [-0.39, 0.29) is 0 Å². The molecule has 0 radical (unpaired) electrons. The first kappa shape index (κ1) is 20.7. The van der Waals surface area contributed by atoms with E-state index in [2.05, 4.69) is 5.32 Å². The number of anilines is 1. The van der Waals surface area contributed by atoms with Crippen molar-refractivity contribution in [2.24, 2.45) is 0 Å². The number of ether oxygens (including phenoxy) is 3. The molecule has 2 aromatic rings. The Bertz CT molecular complexity index is 950. The summed E-state index contributed by atoms with van der Waals surface area (Å²) in [6, 6.07) is 9.11. The second-order valence-electron chi connectivity index (χ2n) is 6.70. The number of esters is 1. The number of halogens is 1. The Morgan fingerprint density at radius 3 is 2.59 bits per heavy atom. The average Bonchev–Trinajstić information content (AvgIpc) is 2.69. The molecule has 1 atom stereocenters. The normalized spacial score (nSPS) is 13.8. The second kappa shape index (κ2) is 9.01. The SMILES string of the molecule is Cc1cccc(C)c1NC(=O)[C@@H](C)OC(=O)/C=C/c1cc(Cl)c2c(c1)OCCO2. The molecule has 6 nitrogen and oxygen atoms in total. The van der Waals surface area contributed by atoms with E-state index in [0.29, 0.717) is 35.3 Å². The zero-order valence-corrected chi connectivity index (χ0v) is 17.2. The van der Waals surface area contributed by atoms with Crippen LogP contribution in [0, 0.1) is 13.8 Å². The summed E-state index contributed by atoms with van der Waals surface area (Å²) in [5, 5.41) is 3.21. The lowest BCUT2D eigenvalue weighted by molar-refractivity contribution is -0.148. The van der Waals surface area contributed by atoms with Crippen molar-refractivity contribution in [1.29, 1.82) is 0 Å². The molecule has 152 valence electrons. The van der Waals surface area contributed by atoms with Crippen molar-refractivity contribution in [1.82, 2.24) is 0 Å². The van der Waals surface area contributed by atoms with Gasteiger partial charge in [0.05, 0.1) is 5.02 Å². The Morgan fingerprint density at radius 2 is 1.86 bits per heavy atom. The van der Waals surface area contributed by atoms with Crippen LogP contribution in [0.4, 0.5) is 5.69 Å². The van der Waals surface area contributed by atoms with E-state index in [4.69, 9.17) is 25.8 Å². The van der Waals surface area contributed by atoms with Crippen LogP contribution in [0.2, 0.25) is 5.02 Å². The molecule has 2 aromatic carbocycles. The van der Waals surface area contributed by atoms with Crippen molar-refractivity contribution in [3.05, 3.63) is 58.1 Å². The minimum atomic E-state index is -0.949. The monoisotopic (exact) mass is 415 g/mol. The number of nitrogens with one attached hydrogen (secondary N) is 1. The third kappa shape index (κ3) is 5.09. The highest BCUT2D eigenvalue weighted by molar-refractivity contribution is 6.32. The molecular weight excluding hydrogens is 394 g/mol. The van der Waals surface area contributed by atoms with Gasteiger partial charge in [-0.15, -0.1) is 0 Å². The summed E-state index contributed by atoms with van der Waals surface area (Å²) in [6.07, 6.45) is 1.84. The fourth-order valence-corrected chi connectivity index (χ4v) is 3.17. The second-order valence-corrected chi connectivity index (χ2v) is 7.10. The Morgan fingerprint density at radius 1 is 1.17 bits per heavy atom. The van der Waals surface area contributed by atoms with Gasteiger partial charge in [0.1, 0.15) is 13.2 Å². The summed E-state index contributed by atoms with van der Waals surface area (Å²) >= 11 is 6.18. The summed E-state index contributed by atoms with van der Waals surface area (Å²) in [5.41, 5.74) is 3.25. The van der Waals surface area contributed by atoms with Crippen molar-refractivity contribution < 1.29 is 23.8 Å². The van der Waals surface area contributed by atoms with Gasteiger partial charge in [-0.25, -0.2) is 4.79 Å². The zero-order chi connectivity index (χ0) is 21.0. The van der Waals surface area contributed by atoms with Crippen LogP contribution in [0.15, 0.2) is 36.4 Å². The molecule has 0 spiro atoms. The van der Waals surface area contributed by atoms with Gasteiger partial charge < -0.3 is 19.5 Å². The van der Waals surface area contributed by atoms with Gasteiger partial charge in [-0.3, -0.25) is 4.79 Å². The predicted molar refractivity (Wildman–Crippen MR) is 112 cm³/mol. The number of amides is 1. The van der Waals surface area contributed by atoms with Crippen LogP contribution in [0.5, 0.6) is 11.5 Å². The van der Waals surface area contributed by atoms with Crippen molar-refractivity contribution in [3.63, 3.8) is 0 Å². The van der Waals surface area contributed by atoms with Gasteiger partial charge in [-0.2, -0.15) is 0 Å². The first-order valence-corrected chi connectivity index (χ1v) is 9.58. The molecule has 7 heteroatoms. The number of carbonyl (C=O) groups is 2. The van der Waals surface area contributed by atoms with Crippen LogP contribution in [0.25, 0.3) is 6.08 Å². The Hall–Kier alpha value is -2.99. The molecule has 0 unspecified atom stereocenters. The van der Waals surface area contributed by atoms with Gasteiger partial charge >= 0.3 is 5.97 Å². The molecule has 1 aliphatic heterocycles. The molecule has 0 saturated heterocycles. The molecule has 3 rings (SSSR count). The molecule has 1 heterocycles. The van der Waals surface area contributed by atoms with Crippen LogP contribution >= 0.6 is 11.6 Å². The van der Waals surface area contributed by atoms with E-state index in [0.717, 1.165) is 16.8 Å². The number of hydrogen-bond acceptors (Lipinski definition) is 5. The fraction of sp³-hybridized carbons (Fsp3) is 0.273. The highest BCUT2D eigenvalue weighted by Gasteiger charge is 2.19. The summed E-state index contributed by atoms with van der Waals surface area (Å²) in [4.78, 5) is 24.5. The van der Waals surface area contributed by atoms with Gasteiger partial charge in [0, 0.05) is 11.8 Å². The van der Waals surface area contributed by atoms with Crippen LogP contribution in [0.1, 0.15) is 23.6 Å². The highest BCUT2D eigenvalue weighted by Crippen LogP contribution is 2.38. The lowest BCUT2D eigenvalue weighted by Gasteiger charge is -2.19. The molecule has 0 bridgehead atoms. The topological polar surface area (TPSA) is 73.9 Å². The molecule has 0 aromatic heterocycles. The maximum atomic E-state index is 12.4. The summed E-state index contributed by atoms with van der Waals surface area (Å²) in [7, 11) is 0. The molecular formula is C22H22ClNO5. The van der Waals surface area contributed by atoms with Gasteiger partial charge in [-0.05, 0) is 55.7 Å². The van der Waals surface area contributed by atoms with E-state index in [1.54, 1.807) is 18.2 Å². The number of fused-ring (bicyclic) bond motifs is 1. The van der Waals surface area contributed by atoms with E-state index < -0.39 is 18.0 Å². The van der Waals surface area contributed by atoms with E-state index >= 15 is 0 Å². The third-order valence-corrected chi connectivity index (χ3v) is 4.70. The lowest BCUT2D eigenvalue weighted by Crippen LogP contribution is -2.30. The number of aryl methyl sites for hydroxylation is 2. The fourth-order valence-electron chi connectivity index (χ4n) is 2.89. The molecule has 1 amide bonds. The smallest absolute Gasteiger partial charge is 0.331 e. The number of rotatable bonds is 5. The van der Waals surface area contributed by atoms with Gasteiger partial charge in [0.25, 0.3) is 5.91 Å². The molecule has 29 heavy (non-hydrogen) atoms. The van der Waals surface area contributed by atoms with E-state index in [9.17, 15) is 9.59 Å². The van der Waals surface area contributed by atoms with Crippen molar-refractivity contribution >= 4 is 35.2 Å². The standard InChI is InChI=1S/C22H22ClNO5/c1-13-5-4-6-14(2)20(13)24-22(26)15(3)29-19(25)8-7-16-11-17(23)21-18(12-16)27-9-10-28-21/h4-8,11-12,15H,9-10H2,1-3H3,(H,24,26)/b8-7+/t15-/m1/s1. The first-order chi connectivity index (χ1) is 13.8. The van der Waals surface area contributed by atoms with Crippen molar-refractivity contribution in [2.75, 3.05) is 18.5 Å². The van der Waals surface area contributed by atoms with E-state index in [1.165, 1.54) is 13.0 Å². The minimum Gasteiger partial charge on any atom is -0.486 e. The predicted octanol–water partition coefficient (Wildman–Crippen LogP) is 4.31. The highest BCUT2D eigenvalue weighted by atomic mass is 35.5. The van der Waals surface area contributed by atoms with Crippen LogP contribution in [-0.4, -0.2) is 31.2 Å². The largest absolute Gasteiger partial charge is 0.486 e. The molecule has 0 saturated carbocycles. The lowest BCUT2D eigenvalue weighted by atomic mass is 10.1. The maximum absolute atomic E-state index is 12.4. The van der Waals surface area contributed by atoms with Crippen molar-refractivity contribution in [3.8, 4) is 11.5 Å². The molecule has 1 aliphatic rings. The number of carbonyl (C=O) groups excluding carboxylic acids is 2. The van der Waals surface area contributed by atoms with Gasteiger partial charge in [0.2, 0.25) is 0 Å². The maximum Gasteiger partial charge on any atom is 0.331 e. The molecule has 0 aliphatic carbocycles. The van der Waals surface area contributed by atoms with Crippen LogP contribution in [-0.2, 0) is 14.3 Å². The van der Waals surface area contributed by atoms with Gasteiger partial charge in [-0.1, -0.05) is 29.8 Å². The average molecular weight is 416 g/mol. The first-order valence-electron chi connectivity index (χ1n) is 9.20. The Balaban J connectivity index is 1.61. The summed E-state index contributed by atoms with van der Waals surface area (Å²) < 4.78 is 16.2. The minimum absolute atomic E-state index is 0.397. The van der Waals surface area contributed by atoms with Crippen LogP contribution < -0.4 is 14.8 Å². The quantitative estimate of drug-likeness (QED) is 0.581. The summed E-state index contributed by atoms with van der Waals surface area (Å²) in [6.45, 7) is 6.21. The molecule has 0 fully saturated rings. The Kier molecular flexibility index (Phi) is 6.44. The summed E-state index contributed by atoms with van der Waals surface area (Å²) in [5.74, 6) is -0.0146. The number of benzene rings is 2. The van der Waals surface area contributed by atoms with Crippen LogP contribution in [0.3, 0.4) is 0 Å². The number of hydrogen-bond donors (Lipinski definition) is 1. The third-order valence-electron chi connectivity index (χ3n) is 4.42. The zero-order valence-electron chi connectivity index (χ0n) is 16.5. The van der Waals surface area contributed by atoms with Gasteiger partial charge in [0.15, 0.2) is 17.6 Å².